The summed E-state index contributed by atoms with van der Waals surface area (Å²) >= 11 is 0. The van der Waals surface area contributed by atoms with Crippen LogP contribution in [0.2, 0.25) is 0 Å². The van der Waals surface area contributed by atoms with Crippen LogP contribution in [0.15, 0.2) is 60.7 Å². The first-order valence-electron chi connectivity index (χ1n) is 17.1. The molecule has 3 atom stereocenters. The second-order valence-corrected chi connectivity index (χ2v) is 13.2. The van der Waals surface area contributed by atoms with Gasteiger partial charge < -0.3 is 29.5 Å². The molecule has 1 fully saturated rings. The van der Waals surface area contributed by atoms with E-state index in [0.29, 0.717) is 24.2 Å². The molecule has 0 aromatic heterocycles. The summed E-state index contributed by atoms with van der Waals surface area (Å²) in [7, 11) is 2.02. The van der Waals surface area contributed by atoms with Crippen molar-refractivity contribution >= 4 is 24.8 Å². The standard InChI is InChI=1S/C30H44N2O2.C9H10O2.2ClH/c1-6-23(24-10-8-7-9-11-24)20-32-16-14-25(15-17-32)28-18-27-26(29(34-28)19-31-5)13-12-22(4)30(27)33-21(2)3;10-9-3-1-2-7-6-11-5-4-8(7)9;;/h7-13,21,23,25,28-29,31H,6,14-20H2,1-5H3;1-3,10H,4-6H2;2*1H/t23?,28-,29-;;;/m0.../s1. The molecular formula is C39H56Cl2N2O4. The van der Waals surface area contributed by atoms with Gasteiger partial charge in [0.2, 0.25) is 0 Å². The molecule has 1 saturated heterocycles. The average molecular weight is 688 g/mol. The second-order valence-electron chi connectivity index (χ2n) is 13.2. The highest BCUT2D eigenvalue weighted by molar-refractivity contribution is 5.85. The number of aryl methyl sites for hydroxylation is 1. The van der Waals surface area contributed by atoms with Crippen molar-refractivity contribution in [2.24, 2.45) is 5.92 Å². The summed E-state index contributed by atoms with van der Waals surface area (Å²) in [5.74, 6) is 2.72. The summed E-state index contributed by atoms with van der Waals surface area (Å²) in [5, 5.41) is 12.8. The lowest BCUT2D eigenvalue weighted by Crippen LogP contribution is -2.43. The van der Waals surface area contributed by atoms with Crippen LogP contribution in [0.5, 0.6) is 11.5 Å². The third-order valence-corrected chi connectivity index (χ3v) is 9.73. The molecule has 3 aromatic rings. The summed E-state index contributed by atoms with van der Waals surface area (Å²) in [6.07, 6.45) is 5.94. The summed E-state index contributed by atoms with van der Waals surface area (Å²) in [6, 6.07) is 21.0. The number of likely N-dealkylation sites (N-methyl/N-ethyl adjacent to an activating group) is 1. The van der Waals surface area contributed by atoms with Crippen LogP contribution in [0.1, 0.15) is 85.4 Å². The predicted octanol–water partition coefficient (Wildman–Crippen LogP) is 8.20. The molecule has 0 saturated carbocycles. The molecule has 0 radical (unpaired) electrons. The number of aromatic hydroxyl groups is 1. The zero-order chi connectivity index (χ0) is 31.8. The fourth-order valence-corrected chi connectivity index (χ4v) is 7.24. The maximum atomic E-state index is 9.40. The SMILES string of the molecule is CCC(CN1CCC([C@@H]2Cc3c(ccc(C)c3OC(C)C)[C@H](CNC)O2)CC1)c1ccccc1.Cl.Cl.Oc1cccc2c1CCOC2. The van der Waals surface area contributed by atoms with E-state index in [-0.39, 0.29) is 43.1 Å². The van der Waals surface area contributed by atoms with E-state index in [1.54, 1.807) is 6.07 Å². The largest absolute Gasteiger partial charge is 0.508 e. The van der Waals surface area contributed by atoms with Gasteiger partial charge in [-0.2, -0.15) is 0 Å². The van der Waals surface area contributed by atoms with Crippen LogP contribution in [0.3, 0.4) is 0 Å². The van der Waals surface area contributed by atoms with Crippen LogP contribution >= 0.6 is 24.8 Å². The second kappa shape index (κ2) is 19.0. The van der Waals surface area contributed by atoms with Gasteiger partial charge in [-0.3, -0.25) is 0 Å². The number of ether oxygens (including phenoxy) is 3. The van der Waals surface area contributed by atoms with Gasteiger partial charge in [0, 0.05) is 30.6 Å². The number of fused-ring (bicyclic) bond motifs is 2. The molecule has 6 rings (SSSR count). The Morgan fingerprint density at radius 3 is 2.38 bits per heavy atom. The molecular weight excluding hydrogens is 631 g/mol. The average Bonchev–Trinajstić information content (AvgIpc) is 3.06. The Hall–Kier alpha value is -2.32. The van der Waals surface area contributed by atoms with E-state index < -0.39 is 0 Å². The number of halogens is 2. The summed E-state index contributed by atoms with van der Waals surface area (Å²) in [4.78, 5) is 2.68. The number of nitrogens with zero attached hydrogens (tertiary/aromatic N) is 1. The van der Waals surface area contributed by atoms with Crippen molar-refractivity contribution in [3.63, 3.8) is 0 Å². The van der Waals surface area contributed by atoms with E-state index in [1.165, 1.54) is 54.6 Å². The van der Waals surface area contributed by atoms with E-state index in [4.69, 9.17) is 14.2 Å². The number of rotatable bonds is 9. The van der Waals surface area contributed by atoms with Gasteiger partial charge in [0.25, 0.3) is 0 Å². The van der Waals surface area contributed by atoms with Crippen LogP contribution in [0, 0.1) is 12.8 Å². The number of benzene rings is 3. The van der Waals surface area contributed by atoms with E-state index in [1.807, 2.05) is 19.2 Å². The minimum Gasteiger partial charge on any atom is -0.508 e. The number of phenolic OH excluding ortho intramolecular Hbond substituents is 1. The highest BCUT2D eigenvalue weighted by Gasteiger charge is 2.36. The molecule has 260 valence electrons. The zero-order valence-corrected chi connectivity index (χ0v) is 30.5. The maximum absolute atomic E-state index is 9.40. The first-order chi connectivity index (χ1) is 21.9. The molecule has 0 bridgehead atoms. The first-order valence-corrected chi connectivity index (χ1v) is 17.1. The summed E-state index contributed by atoms with van der Waals surface area (Å²) in [5.41, 5.74) is 7.57. The number of nitrogens with one attached hydrogen (secondary N) is 1. The van der Waals surface area contributed by atoms with Crippen molar-refractivity contribution in [2.45, 2.75) is 90.6 Å². The van der Waals surface area contributed by atoms with Gasteiger partial charge in [0.15, 0.2) is 0 Å². The molecule has 3 aliphatic heterocycles. The third kappa shape index (κ3) is 10.1. The van der Waals surface area contributed by atoms with Crippen molar-refractivity contribution in [3.05, 3.63) is 94.0 Å². The molecule has 3 heterocycles. The van der Waals surface area contributed by atoms with Gasteiger partial charge in [-0.25, -0.2) is 0 Å². The van der Waals surface area contributed by atoms with Gasteiger partial charge >= 0.3 is 0 Å². The molecule has 3 aromatic carbocycles. The van der Waals surface area contributed by atoms with E-state index in [9.17, 15) is 5.11 Å². The van der Waals surface area contributed by atoms with Crippen LogP contribution in [0.4, 0.5) is 0 Å². The van der Waals surface area contributed by atoms with Gasteiger partial charge in [-0.05, 0) is 107 Å². The molecule has 0 amide bonds. The number of piperidine rings is 1. The zero-order valence-electron chi connectivity index (χ0n) is 28.9. The Morgan fingerprint density at radius 2 is 1.72 bits per heavy atom. The molecule has 8 heteroatoms. The van der Waals surface area contributed by atoms with E-state index in [2.05, 4.69) is 80.4 Å². The number of hydrogen-bond acceptors (Lipinski definition) is 6. The van der Waals surface area contributed by atoms with Gasteiger partial charge in [-0.1, -0.05) is 61.5 Å². The van der Waals surface area contributed by atoms with Crippen molar-refractivity contribution in [3.8, 4) is 11.5 Å². The molecule has 6 nitrogen and oxygen atoms in total. The van der Waals surface area contributed by atoms with Crippen molar-refractivity contribution in [2.75, 3.05) is 39.8 Å². The highest BCUT2D eigenvalue weighted by atomic mass is 35.5. The Balaban J connectivity index is 0.000000389. The normalized spacial score (nSPS) is 20.0. The number of hydrogen-bond donors (Lipinski definition) is 2. The monoisotopic (exact) mass is 686 g/mol. The van der Waals surface area contributed by atoms with Crippen molar-refractivity contribution in [1.82, 2.24) is 10.2 Å². The fraction of sp³-hybridized carbons (Fsp3) is 0.538. The molecule has 47 heavy (non-hydrogen) atoms. The van der Waals surface area contributed by atoms with Gasteiger partial charge in [0.1, 0.15) is 11.5 Å². The minimum absolute atomic E-state index is 0. The lowest BCUT2D eigenvalue weighted by Gasteiger charge is -2.41. The number of likely N-dealkylation sites (tertiary alicyclic amines) is 1. The Morgan fingerprint density at radius 1 is 0.979 bits per heavy atom. The quantitative estimate of drug-likeness (QED) is 0.237. The van der Waals surface area contributed by atoms with Gasteiger partial charge in [-0.15, -0.1) is 24.8 Å². The Kier molecular flexibility index (Phi) is 15.8. The summed E-state index contributed by atoms with van der Waals surface area (Å²) < 4.78 is 18.3. The third-order valence-electron chi connectivity index (χ3n) is 9.73. The van der Waals surface area contributed by atoms with Crippen LogP contribution in [-0.2, 0) is 28.9 Å². The Bertz CT molecular complexity index is 1360. The summed E-state index contributed by atoms with van der Waals surface area (Å²) in [6.45, 7) is 14.4. The molecule has 3 aliphatic rings. The van der Waals surface area contributed by atoms with Crippen molar-refractivity contribution < 1.29 is 19.3 Å². The lowest BCUT2D eigenvalue weighted by molar-refractivity contribution is -0.0674. The smallest absolute Gasteiger partial charge is 0.126 e. The highest BCUT2D eigenvalue weighted by Crippen LogP contribution is 2.41. The molecule has 2 N–H and O–H groups in total. The van der Waals surface area contributed by atoms with Gasteiger partial charge in [0.05, 0.1) is 31.5 Å². The van der Waals surface area contributed by atoms with Crippen LogP contribution in [0.25, 0.3) is 0 Å². The first kappa shape index (κ1) is 39.1. The number of phenols is 1. The predicted molar refractivity (Wildman–Crippen MR) is 197 cm³/mol. The fourth-order valence-electron chi connectivity index (χ4n) is 7.24. The Labute approximate surface area is 295 Å². The molecule has 1 unspecified atom stereocenters. The molecule has 0 spiro atoms. The topological polar surface area (TPSA) is 63.2 Å². The van der Waals surface area contributed by atoms with E-state index in [0.717, 1.165) is 49.4 Å². The van der Waals surface area contributed by atoms with Crippen LogP contribution in [-0.4, -0.2) is 62.0 Å². The minimum atomic E-state index is 0. The van der Waals surface area contributed by atoms with E-state index >= 15 is 0 Å². The van der Waals surface area contributed by atoms with Crippen molar-refractivity contribution in [1.29, 1.82) is 0 Å². The maximum Gasteiger partial charge on any atom is 0.126 e. The lowest BCUT2D eigenvalue weighted by atomic mass is 9.82. The van der Waals surface area contributed by atoms with Crippen LogP contribution < -0.4 is 10.1 Å². The molecule has 0 aliphatic carbocycles.